The number of aryl methyl sites for hydroxylation is 1. The number of halogens is 3. The predicted octanol–water partition coefficient (Wildman–Crippen LogP) is 4.80. The Kier molecular flexibility index (Phi) is 3.88. The van der Waals surface area contributed by atoms with E-state index in [0.717, 1.165) is 17.3 Å². The SMILES string of the molecule is Cc1nc(Cl)c(C)c(Nc2c(Cl)cc(Cl)c3nsnc23)n1. The summed E-state index contributed by atoms with van der Waals surface area (Å²) in [5.41, 5.74) is 2.53. The zero-order chi connectivity index (χ0) is 15.1. The van der Waals surface area contributed by atoms with Crippen LogP contribution in [0.3, 0.4) is 0 Å². The first kappa shape index (κ1) is 14.7. The quantitative estimate of drug-likeness (QED) is 0.665. The smallest absolute Gasteiger partial charge is 0.138 e. The van der Waals surface area contributed by atoms with Crippen LogP contribution in [0.1, 0.15) is 11.4 Å². The van der Waals surface area contributed by atoms with Crippen LogP contribution in [0.15, 0.2) is 6.07 Å². The van der Waals surface area contributed by atoms with E-state index >= 15 is 0 Å². The monoisotopic (exact) mass is 359 g/mol. The van der Waals surface area contributed by atoms with Gasteiger partial charge in [-0.1, -0.05) is 34.8 Å². The summed E-state index contributed by atoms with van der Waals surface area (Å²) in [4.78, 5) is 8.44. The molecule has 2 heterocycles. The molecule has 0 aliphatic heterocycles. The van der Waals surface area contributed by atoms with Gasteiger partial charge in [0.05, 0.1) is 27.5 Å². The fourth-order valence-electron chi connectivity index (χ4n) is 1.83. The second kappa shape index (κ2) is 5.53. The molecule has 0 unspecified atom stereocenters. The minimum absolute atomic E-state index is 0.391. The molecule has 21 heavy (non-hydrogen) atoms. The van der Waals surface area contributed by atoms with E-state index in [1.807, 2.05) is 6.92 Å². The van der Waals surface area contributed by atoms with E-state index in [2.05, 4.69) is 24.0 Å². The molecule has 108 valence electrons. The summed E-state index contributed by atoms with van der Waals surface area (Å²) < 4.78 is 8.39. The lowest BCUT2D eigenvalue weighted by Crippen LogP contribution is -2.02. The molecular formula is C12H8Cl3N5S. The first-order valence-electron chi connectivity index (χ1n) is 5.85. The lowest BCUT2D eigenvalue weighted by atomic mass is 10.2. The van der Waals surface area contributed by atoms with Gasteiger partial charge in [-0.15, -0.1) is 0 Å². The van der Waals surface area contributed by atoms with E-state index in [-0.39, 0.29) is 0 Å². The van der Waals surface area contributed by atoms with Gasteiger partial charge in [-0.05, 0) is 19.9 Å². The van der Waals surface area contributed by atoms with Crippen molar-refractivity contribution in [1.29, 1.82) is 0 Å². The summed E-state index contributed by atoms with van der Waals surface area (Å²) in [5.74, 6) is 1.14. The van der Waals surface area contributed by atoms with Crippen LogP contribution in [-0.4, -0.2) is 18.7 Å². The van der Waals surface area contributed by atoms with Crippen molar-refractivity contribution >= 4 is 69.1 Å². The van der Waals surface area contributed by atoms with Gasteiger partial charge in [-0.2, -0.15) is 8.75 Å². The number of rotatable bonds is 2. The summed E-state index contributed by atoms with van der Waals surface area (Å²) in [6.45, 7) is 3.59. The Balaban J connectivity index is 2.17. The zero-order valence-electron chi connectivity index (χ0n) is 10.9. The Morgan fingerprint density at radius 1 is 1.00 bits per heavy atom. The lowest BCUT2D eigenvalue weighted by Gasteiger charge is -2.12. The Morgan fingerprint density at radius 3 is 2.48 bits per heavy atom. The second-order valence-corrected chi connectivity index (χ2v) is 6.04. The second-order valence-electron chi connectivity index (χ2n) is 4.34. The average molecular weight is 361 g/mol. The fraction of sp³-hybridized carbons (Fsp3) is 0.167. The molecule has 3 aromatic rings. The van der Waals surface area contributed by atoms with Crippen LogP contribution in [0.5, 0.6) is 0 Å². The van der Waals surface area contributed by atoms with Gasteiger partial charge in [0, 0.05) is 5.56 Å². The molecule has 0 saturated heterocycles. The molecule has 0 amide bonds. The van der Waals surface area contributed by atoms with Crippen molar-refractivity contribution in [2.75, 3.05) is 5.32 Å². The molecule has 0 fully saturated rings. The molecule has 2 aromatic heterocycles. The van der Waals surface area contributed by atoms with E-state index in [1.54, 1.807) is 13.0 Å². The van der Waals surface area contributed by atoms with Crippen LogP contribution in [0.25, 0.3) is 11.0 Å². The van der Waals surface area contributed by atoms with Gasteiger partial charge in [-0.3, -0.25) is 0 Å². The normalized spacial score (nSPS) is 11.1. The predicted molar refractivity (Wildman–Crippen MR) is 87.2 cm³/mol. The van der Waals surface area contributed by atoms with Crippen LogP contribution in [0, 0.1) is 13.8 Å². The number of anilines is 2. The summed E-state index contributed by atoms with van der Waals surface area (Å²) in [6.07, 6.45) is 0. The van der Waals surface area contributed by atoms with Gasteiger partial charge in [0.15, 0.2) is 0 Å². The lowest BCUT2D eigenvalue weighted by molar-refractivity contribution is 1.04. The minimum Gasteiger partial charge on any atom is -0.337 e. The number of hydrogen-bond donors (Lipinski definition) is 1. The van der Waals surface area contributed by atoms with E-state index in [0.29, 0.717) is 43.6 Å². The molecule has 1 N–H and O–H groups in total. The number of benzene rings is 1. The van der Waals surface area contributed by atoms with Crippen molar-refractivity contribution in [2.45, 2.75) is 13.8 Å². The van der Waals surface area contributed by atoms with Crippen molar-refractivity contribution in [2.24, 2.45) is 0 Å². The van der Waals surface area contributed by atoms with Crippen molar-refractivity contribution in [3.05, 3.63) is 32.7 Å². The van der Waals surface area contributed by atoms with Crippen molar-refractivity contribution in [3.63, 3.8) is 0 Å². The topological polar surface area (TPSA) is 63.6 Å². The Labute approximate surface area is 139 Å². The fourth-order valence-corrected chi connectivity index (χ4v) is 3.20. The maximum Gasteiger partial charge on any atom is 0.138 e. The van der Waals surface area contributed by atoms with Crippen LogP contribution >= 0.6 is 46.5 Å². The highest BCUT2D eigenvalue weighted by Crippen LogP contribution is 2.37. The molecule has 0 bridgehead atoms. The third-order valence-corrected chi connectivity index (χ3v) is 4.37. The highest BCUT2D eigenvalue weighted by atomic mass is 35.5. The molecule has 0 aliphatic carbocycles. The molecule has 3 rings (SSSR count). The third-order valence-electron chi connectivity index (χ3n) is 2.89. The minimum atomic E-state index is 0.391. The number of hydrogen-bond acceptors (Lipinski definition) is 6. The Morgan fingerprint density at radius 2 is 1.71 bits per heavy atom. The van der Waals surface area contributed by atoms with Crippen molar-refractivity contribution in [1.82, 2.24) is 18.7 Å². The van der Waals surface area contributed by atoms with Gasteiger partial charge in [-0.25, -0.2) is 9.97 Å². The van der Waals surface area contributed by atoms with E-state index in [1.165, 1.54) is 0 Å². The molecule has 1 aromatic carbocycles. The maximum atomic E-state index is 6.26. The molecule has 0 atom stereocenters. The summed E-state index contributed by atoms with van der Waals surface area (Å²) in [6, 6.07) is 1.63. The zero-order valence-corrected chi connectivity index (χ0v) is 14.0. The highest BCUT2D eigenvalue weighted by Gasteiger charge is 2.16. The Hall–Kier alpha value is -1.21. The van der Waals surface area contributed by atoms with Crippen LogP contribution < -0.4 is 5.32 Å². The van der Waals surface area contributed by atoms with E-state index in [9.17, 15) is 0 Å². The number of fused-ring (bicyclic) bond motifs is 1. The van der Waals surface area contributed by atoms with E-state index in [4.69, 9.17) is 34.8 Å². The molecule has 0 radical (unpaired) electrons. The number of nitrogens with zero attached hydrogens (tertiary/aromatic N) is 4. The standard InChI is InChI=1S/C12H8Cl3N5S/c1-4-11(15)16-5(2)17-12(4)18-8-6(13)3-7(14)9-10(8)20-21-19-9/h3H,1-2H3,(H,16,17,18). The molecule has 0 spiro atoms. The molecule has 0 saturated carbocycles. The van der Waals surface area contributed by atoms with E-state index < -0.39 is 0 Å². The van der Waals surface area contributed by atoms with Gasteiger partial charge >= 0.3 is 0 Å². The summed E-state index contributed by atoms with van der Waals surface area (Å²) in [7, 11) is 0. The molecular weight excluding hydrogens is 353 g/mol. The third kappa shape index (κ3) is 2.64. The largest absolute Gasteiger partial charge is 0.337 e. The van der Waals surface area contributed by atoms with Gasteiger partial charge < -0.3 is 5.32 Å². The highest BCUT2D eigenvalue weighted by molar-refractivity contribution is 7.00. The summed E-state index contributed by atoms with van der Waals surface area (Å²) >= 11 is 19.5. The van der Waals surface area contributed by atoms with Gasteiger partial charge in [0.1, 0.15) is 27.8 Å². The van der Waals surface area contributed by atoms with Crippen LogP contribution in [0.4, 0.5) is 11.5 Å². The summed E-state index contributed by atoms with van der Waals surface area (Å²) in [5, 5.41) is 4.45. The van der Waals surface area contributed by atoms with Gasteiger partial charge in [0.25, 0.3) is 0 Å². The first-order chi connectivity index (χ1) is 9.97. The number of aromatic nitrogens is 4. The molecule has 9 heteroatoms. The maximum absolute atomic E-state index is 6.26. The van der Waals surface area contributed by atoms with Crippen LogP contribution in [0.2, 0.25) is 15.2 Å². The van der Waals surface area contributed by atoms with Crippen LogP contribution in [-0.2, 0) is 0 Å². The van der Waals surface area contributed by atoms with Crippen molar-refractivity contribution in [3.8, 4) is 0 Å². The molecule has 5 nitrogen and oxygen atoms in total. The van der Waals surface area contributed by atoms with Crippen molar-refractivity contribution < 1.29 is 0 Å². The Bertz CT molecular complexity index is 849. The molecule has 0 aliphatic rings. The number of nitrogens with one attached hydrogen (secondary N) is 1. The first-order valence-corrected chi connectivity index (χ1v) is 7.72. The van der Waals surface area contributed by atoms with Gasteiger partial charge in [0.2, 0.25) is 0 Å². The average Bonchev–Trinajstić information content (AvgIpc) is 2.89.